The minimum Gasteiger partial charge on any atom is -0.477 e. The van der Waals surface area contributed by atoms with Gasteiger partial charge in [0.1, 0.15) is 5.69 Å². The Bertz CT molecular complexity index is 387. The average molecular weight is 377 g/mol. The van der Waals surface area contributed by atoms with Crippen molar-refractivity contribution in [2.45, 2.75) is 64.8 Å². The first-order valence-corrected chi connectivity index (χ1v) is 8.32. The van der Waals surface area contributed by atoms with E-state index in [-0.39, 0.29) is 0 Å². The zero-order valence-corrected chi connectivity index (χ0v) is 13.9. The van der Waals surface area contributed by atoms with E-state index < -0.39 is 5.97 Å². The van der Waals surface area contributed by atoms with Gasteiger partial charge in [-0.15, -0.1) is 0 Å². The highest BCUT2D eigenvalue weighted by Gasteiger charge is 2.10. The molecular weight excluding hydrogens is 353 g/mol. The van der Waals surface area contributed by atoms with Gasteiger partial charge in [-0.05, 0) is 35.1 Å². The van der Waals surface area contributed by atoms with Crippen molar-refractivity contribution in [3.8, 4) is 0 Å². The molecule has 3 nitrogen and oxygen atoms in total. The number of carboxylic acid groups (broad SMARTS) is 1. The van der Waals surface area contributed by atoms with Gasteiger partial charge in [0, 0.05) is 16.3 Å². The maximum atomic E-state index is 11.0. The molecule has 0 aliphatic carbocycles. The second kappa shape index (κ2) is 9.39. The molecule has 1 heterocycles. The normalized spacial score (nSPS) is 10.8. The molecule has 0 unspecified atom stereocenters. The Hall–Kier alpha value is -0.520. The van der Waals surface area contributed by atoms with Gasteiger partial charge in [-0.25, -0.2) is 4.79 Å². The van der Waals surface area contributed by atoms with Crippen molar-refractivity contribution in [3.05, 3.63) is 21.5 Å². The highest BCUT2D eigenvalue weighted by atomic mass is 127. The number of hydrogen-bond donors (Lipinski definition) is 1. The van der Waals surface area contributed by atoms with Crippen LogP contribution >= 0.6 is 22.6 Å². The molecule has 0 spiro atoms. The van der Waals surface area contributed by atoms with Crippen molar-refractivity contribution in [3.63, 3.8) is 0 Å². The number of aryl methyl sites for hydroxylation is 1. The van der Waals surface area contributed by atoms with Gasteiger partial charge in [0.05, 0.1) is 0 Å². The van der Waals surface area contributed by atoms with Crippen molar-refractivity contribution in [1.29, 1.82) is 0 Å². The van der Waals surface area contributed by atoms with Crippen LogP contribution in [0.4, 0.5) is 0 Å². The molecule has 0 bridgehead atoms. The summed E-state index contributed by atoms with van der Waals surface area (Å²) in [6, 6.07) is 1.73. The van der Waals surface area contributed by atoms with Crippen LogP contribution in [0.3, 0.4) is 0 Å². The van der Waals surface area contributed by atoms with Crippen molar-refractivity contribution >= 4 is 28.6 Å². The fraction of sp³-hybridized carbons (Fsp3) is 0.667. The fourth-order valence-electron chi connectivity index (χ4n) is 2.25. The minimum absolute atomic E-state index is 0.410. The summed E-state index contributed by atoms with van der Waals surface area (Å²) in [5, 5.41) is 9.08. The van der Waals surface area contributed by atoms with E-state index in [9.17, 15) is 4.79 Å². The molecular formula is C15H24INO2. The molecule has 0 fully saturated rings. The quantitative estimate of drug-likeness (QED) is 0.464. The third-order valence-electron chi connectivity index (χ3n) is 3.33. The smallest absolute Gasteiger partial charge is 0.352 e. The SMILES string of the molecule is CCCCCCCCCCn1cc(I)cc1C(=O)O. The van der Waals surface area contributed by atoms with Crippen molar-refractivity contribution < 1.29 is 9.90 Å². The number of halogens is 1. The first-order valence-electron chi connectivity index (χ1n) is 7.24. The molecule has 108 valence electrons. The maximum absolute atomic E-state index is 11.0. The highest BCUT2D eigenvalue weighted by molar-refractivity contribution is 14.1. The lowest BCUT2D eigenvalue weighted by atomic mass is 10.1. The van der Waals surface area contributed by atoms with Crippen molar-refractivity contribution in [1.82, 2.24) is 4.57 Å². The van der Waals surface area contributed by atoms with Gasteiger partial charge < -0.3 is 9.67 Å². The molecule has 1 aromatic rings. The topological polar surface area (TPSA) is 42.2 Å². The van der Waals surface area contributed by atoms with Crippen LogP contribution in [0.15, 0.2) is 12.3 Å². The molecule has 0 aromatic carbocycles. The van der Waals surface area contributed by atoms with Crippen LogP contribution in [-0.4, -0.2) is 15.6 Å². The van der Waals surface area contributed by atoms with E-state index >= 15 is 0 Å². The molecule has 0 saturated heterocycles. The lowest BCUT2D eigenvalue weighted by Crippen LogP contribution is -2.07. The first-order chi connectivity index (χ1) is 9.15. The molecule has 1 aromatic heterocycles. The lowest BCUT2D eigenvalue weighted by Gasteiger charge is -2.06. The first kappa shape index (κ1) is 16.5. The van der Waals surface area contributed by atoms with Crippen LogP contribution in [-0.2, 0) is 6.54 Å². The highest BCUT2D eigenvalue weighted by Crippen LogP contribution is 2.14. The zero-order valence-electron chi connectivity index (χ0n) is 11.7. The summed E-state index contributed by atoms with van der Waals surface area (Å²) in [7, 11) is 0. The lowest BCUT2D eigenvalue weighted by molar-refractivity contribution is 0.0685. The maximum Gasteiger partial charge on any atom is 0.352 e. The molecule has 19 heavy (non-hydrogen) atoms. The number of carboxylic acids is 1. The largest absolute Gasteiger partial charge is 0.477 e. The molecule has 4 heteroatoms. The monoisotopic (exact) mass is 377 g/mol. The predicted octanol–water partition coefficient (Wildman–Crippen LogP) is 4.93. The Morgan fingerprint density at radius 1 is 1.16 bits per heavy atom. The number of aromatic nitrogens is 1. The summed E-state index contributed by atoms with van der Waals surface area (Å²) in [6.07, 6.45) is 12.1. The van der Waals surface area contributed by atoms with Gasteiger partial charge in [0.2, 0.25) is 0 Å². The van der Waals surface area contributed by atoms with Gasteiger partial charge >= 0.3 is 5.97 Å². The van der Waals surface area contributed by atoms with Crippen LogP contribution < -0.4 is 0 Å². The Labute approximate surface area is 129 Å². The molecule has 0 saturated carbocycles. The number of rotatable bonds is 10. The molecule has 0 aliphatic rings. The molecule has 0 radical (unpaired) electrons. The Morgan fingerprint density at radius 2 is 1.74 bits per heavy atom. The summed E-state index contributed by atoms with van der Waals surface area (Å²) >= 11 is 2.16. The summed E-state index contributed by atoms with van der Waals surface area (Å²) in [5.74, 6) is -0.831. The summed E-state index contributed by atoms with van der Waals surface area (Å²) in [4.78, 5) is 11.0. The number of carbonyl (C=O) groups is 1. The van der Waals surface area contributed by atoms with Gasteiger partial charge in [-0.3, -0.25) is 0 Å². The summed E-state index contributed by atoms with van der Waals surface area (Å²) < 4.78 is 2.86. The Morgan fingerprint density at radius 3 is 2.32 bits per heavy atom. The summed E-state index contributed by atoms with van der Waals surface area (Å²) in [6.45, 7) is 3.05. The van der Waals surface area contributed by atoms with E-state index in [1.807, 2.05) is 10.8 Å². The zero-order chi connectivity index (χ0) is 14.1. The van der Waals surface area contributed by atoms with E-state index in [1.165, 1.54) is 44.9 Å². The predicted molar refractivity (Wildman–Crippen MR) is 86.7 cm³/mol. The Kier molecular flexibility index (Phi) is 8.18. The van der Waals surface area contributed by atoms with E-state index in [2.05, 4.69) is 29.5 Å². The number of unbranched alkanes of at least 4 members (excludes halogenated alkanes) is 7. The molecule has 1 N–H and O–H groups in total. The van der Waals surface area contributed by atoms with Crippen LogP contribution in [0.5, 0.6) is 0 Å². The second-order valence-electron chi connectivity index (χ2n) is 5.02. The van der Waals surface area contributed by atoms with Gasteiger partial charge in [-0.2, -0.15) is 0 Å². The second-order valence-corrected chi connectivity index (χ2v) is 6.26. The van der Waals surface area contributed by atoms with E-state index in [1.54, 1.807) is 6.07 Å². The molecule has 0 atom stereocenters. The molecule has 0 aliphatic heterocycles. The average Bonchev–Trinajstić information content (AvgIpc) is 2.74. The molecule has 0 amide bonds. The van der Waals surface area contributed by atoms with Gasteiger partial charge in [0.25, 0.3) is 0 Å². The van der Waals surface area contributed by atoms with Crippen LogP contribution in [0.2, 0.25) is 0 Å². The fourth-order valence-corrected chi connectivity index (χ4v) is 2.89. The summed E-state index contributed by atoms with van der Waals surface area (Å²) in [5.41, 5.74) is 0.410. The number of hydrogen-bond acceptors (Lipinski definition) is 1. The standard InChI is InChI=1S/C15H24INO2/c1-2-3-4-5-6-7-8-9-10-17-12-13(16)11-14(17)15(18)19/h11-12H,2-10H2,1H3,(H,18,19). The third kappa shape index (κ3) is 6.45. The van der Waals surface area contributed by atoms with Crippen LogP contribution in [0, 0.1) is 3.57 Å². The van der Waals surface area contributed by atoms with E-state index in [0.717, 1.165) is 16.5 Å². The third-order valence-corrected chi connectivity index (χ3v) is 3.92. The van der Waals surface area contributed by atoms with Crippen molar-refractivity contribution in [2.75, 3.05) is 0 Å². The number of nitrogens with zero attached hydrogens (tertiary/aromatic N) is 1. The Balaban J connectivity index is 2.17. The van der Waals surface area contributed by atoms with Gasteiger partial charge in [0.15, 0.2) is 0 Å². The van der Waals surface area contributed by atoms with Gasteiger partial charge in [-0.1, -0.05) is 51.9 Å². The van der Waals surface area contributed by atoms with Crippen molar-refractivity contribution in [2.24, 2.45) is 0 Å². The van der Waals surface area contributed by atoms with E-state index in [4.69, 9.17) is 5.11 Å². The minimum atomic E-state index is -0.831. The van der Waals surface area contributed by atoms with Crippen LogP contribution in [0.25, 0.3) is 0 Å². The molecule has 1 rings (SSSR count). The number of aromatic carboxylic acids is 1. The van der Waals surface area contributed by atoms with Crippen LogP contribution in [0.1, 0.15) is 68.8 Å². The van der Waals surface area contributed by atoms with E-state index in [0.29, 0.717) is 5.69 Å².